The first-order valence-electron chi connectivity index (χ1n) is 5.96. The summed E-state index contributed by atoms with van der Waals surface area (Å²) in [5.41, 5.74) is 1.25. The van der Waals surface area contributed by atoms with E-state index < -0.39 is 10.0 Å². The Morgan fingerprint density at radius 3 is 2.52 bits per heavy atom. The van der Waals surface area contributed by atoms with Crippen molar-refractivity contribution >= 4 is 43.2 Å². The second kappa shape index (κ2) is 6.25. The van der Waals surface area contributed by atoms with E-state index in [-0.39, 0.29) is 10.6 Å². The number of hydrogen-bond donors (Lipinski definition) is 1. The summed E-state index contributed by atoms with van der Waals surface area (Å²) < 4.78 is 33.1. The number of anilines is 1. The van der Waals surface area contributed by atoms with E-state index in [1.807, 2.05) is 6.92 Å². The molecule has 0 heterocycles. The summed E-state index contributed by atoms with van der Waals surface area (Å²) in [6, 6.07) is 9.74. The maximum absolute atomic E-state index is 12.5. The van der Waals surface area contributed by atoms with Gasteiger partial charge in [0.25, 0.3) is 10.0 Å². The van der Waals surface area contributed by atoms with Gasteiger partial charge in [-0.2, -0.15) is 0 Å². The first-order chi connectivity index (χ1) is 9.83. The van der Waals surface area contributed by atoms with E-state index >= 15 is 0 Å². The van der Waals surface area contributed by atoms with Crippen molar-refractivity contribution in [2.45, 2.75) is 11.8 Å². The van der Waals surface area contributed by atoms with E-state index in [9.17, 15) is 8.42 Å². The average Bonchev–Trinajstić information content (AvgIpc) is 2.37. The molecular formula is C14H13BrClNO3S. The SMILES string of the molecule is COc1ccc(Cl)cc1NS(=O)(=O)c1ccc(C)cc1Br. The van der Waals surface area contributed by atoms with Crippen LogP contribution in [0.4, 0.5) is 5.69 Å². The van der Waals surface area contributed by atoms with E-state index in [0.717, 1.165) is 5.56 Å². The van der Waals surface area contributed by atoms with Crippen molar-refractivity contribution in [2.24, 2.45) is 0 Å². The van der Waals surface area contributed by atoms with Gasteiger partial charge in [-0.05, 0) is 58.7 Å². The molecule has 0 radical (unpaired) electrons. The molecule has 0 saturated carbocycles. The molecule has 2 aromatic rings. The zero-order valence-corrected chi connectivity index (χ0v) is 14.5. The van der Waals surface area contributed by atoms with Gasteiger partial charge in [0.05, 0.1) is 12.8 Å². The van der Waals surface area contributed by atoms with E-state index in [4.69, 9.17) is 16.3 Å². The zero-order chi connectivity index (χ0) is 15.6. The van der Waals surface area contributed by atoms with E-state index in [1.54, 1.807) is 30.3 Å². The lowest BCUT2D eigenvalue weighted by atomic mass is 10.2. The van der Waals surface area contributed by atoms with Crippen LogP contribution >= 0.6 is 27.5 Å². The highest BCUT2D eigenvalue weighted by atomic mass is 79.9. The Hall–Kier alpha value is -1.24. The molecule has 0 fully saturated rings. The van der Waals surface area contributed by atoms with Crippen LogP contribution in [0.2, 0.25) is 5.02 Å². The van der Waals surface area contributed by atoms with Crippen molar-refractivity contribution in [2.75, 3.05) is 11.8 Å². The van der Waals surface area contributed by atoms with Crippen LogP contribution in [0.25, 0.3) is 0 Å². The van der Waals surface area contributed by atoms with Crippen LogP contribution < -0.4 is 9.46 Å². The van der Waals surface area contributed by atoms with Crippen LogP contribution in [0.1, 0.15) is 5.56 Å². The number of halogens is 2. The number of methoxy groups -OCH3 is 1. The van der Waals surface area contributed by atoms with Gasteiger partial charge in [0, 0.05) is 9.50 Å². The van der Waals surface area contributed by atoms with Crippen molar-refractivity contribution in [3.05, 3.63) is 51.5 Å². The number of sulfonamides is 1. The van der Waals surface area contributed by atoms with Crippen LogP contribution in [0.15, 0.2) is 45.8 Å². The third-order valence-corrected chi connectivity index (χ3v) is 5.36. The highest BCUT2D eigenvalue weighted by molar-refractivity contribution is 9.10. The van der Waals surface area contributed by atoms with Gasteiger partial charge in [-0.1, -0.05) is 17.7 Å². The molecule has 2 rings (SSSR count). The molecule has 2 aromatic carbocycles. The Kier molecular flexibility index (Phi) is 4.81. The fourth-order valence-electron chi connectivity index (χ4n) is 1.78. The molecular weight excluding hydrogens is 378 g/mol. The maximum Gasteiger partial charge on any atom is 0.263 e. The molecule has 0 amide bonds. The van der Waals surface area contributed by atoms with Crippen molar-refractivity contribution < 1.29 is 13.2 Å². The van der Waals surface area contributed by atoms with Crippen molar-refractivity contribution in [3.8, 4) is 5.75 Å². The second-order valence-corrected chi connectivity index (χ2v) is 7.33. The molecule has 0 aliphatic rings. The van der Waals surface area contributed by atoms with Gasteiger partial charge in [0.2, 0.25) is 0 Å². The third kappa shape index (κ3) is 3.70. The number of aryl methyl sites for hydroxylation is 1. The van der Waals surface area contributed by atoms with Crippen molar-refractivity contribution in [1.29, 1.82) is 0 Å². The minimum Gasteiger partial charge on any atom is -0.495 e. The smallest absolute Gasteiger partial charge is 0.263 e. The molecule has 0 spiro atoms. The van der Waals surface area contributed by atoms with Gasteiger partial charge in [0.1, 0.15) is 10.6 Å². The lowest BCUT2D eigenvalue weighted by Gasteiger charge is -2.13. The predicted octanol–water partition coefficient (Wildman–Crippen LogP) is 4.22. The molecule has 0 bridgehead atoms. The van der Waals surface area contributed by atoms with Crippen LogP contribution in [0.5, 0.6) is 5.75 Å². The molecule has 0 saturated heterocycles. The Bertz CT molecular complexity index is 778. The van der Waals surface area contributed by atoms with Crippen LogP contribution in [-0.4, -0.2) is 15.5 Å². The van der Waals surface area contributed by atoms with Gasteiger partial charge >= 0.3 is 0 Å². The van der Waals surface area contributed by atoms with E-state index in [1.165, 1.54) is 13.2 Å². The second-order valence-electron chi connectivity index (χ2n) is 4.38. The Morgan fingerprint density at radius 2 is 1.90 bits per heavy atom. The summed E-state index contributed by atoms with van der Waals surface area (Å²) in [5.74, 6) is 0.395. The number of nitrogens with one attached hydrogen (secondary N) is 1. The van der Waals surface area contributed by atoms with E-state index in [2.05, 4.69) is 20.7 Å². The fraction of sp³-hybridized carbons (Fsp3) is 0.143. The van der Waals surface area contributed by atoms with Gasteiger partial charge in [0.15, 0.2) is 0 Å². The highest BCUT2D eigenvalue weighted by Crippen LogP contribution is 2.31. The van der Waals surface area contributed by atoms with Crippen LogP contribution in [0.3, 0.4) is 0 Å². The third-order valence-electron chi connectivity index (χ3n) is 2.78. The topological polar surface area (TPSA) is 55.4 Å². The van der Waals surface area contributed by atoms with Crippen LogP contribution in [-0.2, 0) is 10.0 Å². The number of hydrogen-bond acceptors (Lipinski definition) is 3. The predicted molar refractivity (Wildman–Crippen MR) is 87.7 cm³/mol. The molecule has 0 aromatic heterocycles. The summed E-state index contributed by atoms with van der Waals surface area (Å²) in [5, 5.41) is 0.413. The van der Waals surface area contributed by atoms with Gasteiger partial charge in [-0.3, -0.25) is 4.72 Å². The number of rotatable bonds is 4. The monoisotopic (exact) mass is 389 g/mol. The molecule has 7 heteroatoms. The highest BCUT2D eigenvalue weighted by Gasteiger charge is 2.19. The molecule has 21 heavy (non-hydrogen) atoms. The normalized spacial score (nSPS) is 11.2. The summed E-state index contributed by atoms with van der Waals surface area (Å²) in [6.07, 6.45) is 0. The van der Waals surface area contributed by atoms with Gasteiger partial charge in [-0.25, -0.2) is 8.42 Å². The lowest BCUT2D eigenvalue weighted by molar-refractivity contribution is 0.417. The number of benzene rings is 2. The number of ether oxygens (including phenoxy) is 1. The van der Waals surface area contributed by atoms with Gasteiger partial charge < -0.3 is 4.74 Å². The standard InChI is InChI=1S/C14H13BrClNO3S/c1-9-3-6-14(11(15)7-9)21(18,19)17-12-8-10(16)4-5-13(12)20-2/h3-8,17H,1-2H3. The molecule has 1 N–H and O–H groups in total. The molecule has 112 valence electrons. The van der Waals surface area contributed by atoms with Crippen molar-refractivity contribution in [1.82, 2.24) is 0 Å². The summed E-state index contributed by atoms with van der Waals surface area (Å²) in [6.45, 7) is 1.88. The Morgan fingerprint density at radius 1 is 1.19 bits per heavy atom. The molecule has 0 aliphatic carbocycles. The Labute approximate surface area is 137 Å². The summed E-state index contributed by atoms with van der Waals surface area (Å²) in [7, 11) is -2.28. The summed E-state index contributed by atoms with van der Waals surface area (Å²) >= 11 is 9.17. The average molecular weight is 391 g/mol. The van der Waals surface area contributed by atoms with Crippen LogP contribution in [0, 0.1) is 6.92 Å². The van der Waals surface area contributed by atoms with Crippen molar-refractivity contribution in [3.63, 3.8) is 0 Å². The first-order valence-corrected chi connectivity index (χ1v) is 8.61. The molecule has 0 atom stereocenters. The maximum atomic E-state index is 12.5. The quantitative estimate of drug-likeness (QED) is 0.850. The molecule has 0 unspecified atom stereocenters. The zero-order valence-electron chi connectivity index (χ0n) is 11.4. The Balaban J connectivity index is 2.44. The molecule has 4 nitrogen and oxygen atoms in total. The van der Waals surface area contributed by atoms with Gasteiger partial charge in [-0.15, -0.1) is 0 Å². The minimum absolute atomic E-state index is 0.148. The first kappa shape index (κ1) is 16.1. The summed E-state index contributed by atoms with van der Waals surface area (Å²) in [4.78, 5) is 0.148. The van der Waals surface area contributed by atoms with E-state index in [0.29, 0.717) is 15.2 Å². The fourth-order valence-corrected chi connectivity index (χ4v) is 4.21. The molecule has 0 aliphatic heterocycles. The minimum atomic E-state index is -3.75. The lowest BCUT2D eigenvalue weighted by Crippen LogP contribution is -2.14. The largest absolute Gasteiger partial charge is 0.495 e.